The molecular weight excluding hydrogens is 346 g/mol. The Kier molecular flexibility index (Phi) is 5.09. The van der Waals surface area contributed by atoms with Crippen LogP contribution >= 0.6 is 34.7 Å². The fourth-order valence-corrected chi connectivity index (χ4v) is 4.28. The Bertz CT molecular complexity index is 808. The summed E-state index contributed by atoms with van der Waals surface area (Å²) in [5, 5.41) is 12.7. The third-order valence-corrected chi connectivity index (χ3v) is 5.54. The highest BCUT2D eigenvalue weighted by atomic mass is 35.5. The molecule has 0 amide bonds. The fraction of sp³-hybridized carbons (Fsp3) is 0.294. The minimum Gasteiger partial charge on any atom is -0.299 e. The van der Waals surface area contributed by atoms with Gasteiger partial charge in [0, 0.05) is 32.6 Å². The second-order valence-electron chi connectivity index (χ2n) is 5.63. The lowest BCUT2D eigenvalue weighted by molar-refractivity contribution is 0.555. The first kappa shape index (κ1) is 16.6. The van der Waals surface area contributed by atoms with Gasteiger partial charge in [-0.15, -0.1) is 21.5 Å². The van der Waals surface area contributed by atoms with Crippen LogP contribution in [-0.4, -0.2) is 14.8 Å². The van der Waals surface area contributed by atoms with Crippen molar-refractivity contribution in [3.63, 3.8) is 0 Å². The molecule has 0 radical (unpaired) electrons. The lowest BCUT2D eigenvalue weighted by Crippen LogP contribution is -2.04. The molecule has 3 rings (SSSR count). The smallest absolute Gasteiger partial charge is 0.192 e. The van der Waals surface area contributed by atoms with Crippen molar-refractivity contribution in [2.75, 3.05) is 0 Å². The van der Waals surface area contributed by atoms with Crippen molar-refractivity contribution in [2.24, 2.45) is 0 Å². The Hall–Kier alpha value is -1.30. The van der Waals surface area contributed by atoms with Crippen molar-refractivity contribution < 1.29 is 0 Å². The molecule has 0 saturated carbocycles. The lowest BCUT2D eigenvalue weighted by Gasteiger charge is -2.13. The van der Waals surface area contributed by atoms with Crippen LogP contribution in [0.4, 0.5) is 0 Å². The number of aromatic nitrogens is 3. The molecule has 0 N–H and O–H groups in total. The summed E-state index contributed by atoms with van der Waals surface area (Å²) >= 11 is 9.49. The summed E-state index contributed by atoms with van der Waals surface area (Å²) in [6.07, 6.45) is 0. The zero-order valence-corrected chi connectivity index (χ0v) is 15.7. The highest BCUT2D eigenvalue weighted by Gasteiger charge is 2.17. The van der Waals surface area contributed by atoms with Gasteiger partial charge in [-0.1, -0.05) is 35.5 Å². The summed E-state index contributed by atoms with van der Waals surface area (Å²) in [5.41, 5.74) is 2.33. The van der Waals surface area contributed by atoms with Gasteiger partial charge in [-0.3, -0.25) is 4.57 Å². The number of hydrogen-bond acceptors (Lipinski definition) is 4. The predicted octanol–water partition coefficient (Wildman–Crippen LogP) is 5.84. The van der Waals surface area contributed by atoms with Gasteiger partial charge >= 0.3 is 0 Å². The number of thiophene rings is 1. The van der Waals surface area contributed by atoms with Gasteiger partial charge in [0.25, 0.3) is 0 Å². The Morgan fingerprint density at radius 3 is 2.74 bits per heavy atom. The summed E-state index contributed by atoms with van der Waals surface area (Å²) < 4.78 is 2.21. The van der Waals surface area contributed by atoms with E-state index in [0.29, 0.717) is 6.04 Å². The van der Waals surface area contributed by atoms with Crippen molar-refractivity contribution in [3.8, 4) is 11.4 Å². The summed E-state index contributed by atoms with van der Waals surface area (Å²) in [7, 11) is 0. The molecule has 3 nitrogen and oxygen atoms in total. The van der Waals surface area contributed by atoms with Crippen LogP contribution in [0.5, 0.6) is 0 Å². The molecule has 0 atom stereocenters. The van der Waals surface area contributed by atoms with E-state index < -0.39 is 0 Å². The van der Waals surface area contributed by atoms with Gasteiger partial charge in [0.1, 0.15) is 0 Å². The zero-order valence-electron chi connectivity index (χ0n) is 13.3. The predicted molar refractivity (Wildman–Crippen MR) is 99.5 cm³/mol. The second-order valence-corrected chi connectivity index (χ2v) is 8.13. The van der Waals surface area contributed by atoms with Crippen LogP contribution in [-0.2, 0) is 5.75 Å². The van der Waals surface area contributed by atoms with Gasteiger partial charge in [-0.2, -0.15) is 0 Å². The van der Waals surface area contributed by atoms with E-state index in [0.717, 1.165) is 27.3 Å². The second kappa shape index (κ2) is 7.07. The molecule has 0 aliphatic heterocycles. The van der Waals surface area contributed by atoms with Crippen molar-refractivity contribution >= 4 is 34.7 Å². The SMILES string of the molecule is Cc1cc(-c2nnc(SCc3cccc(Cl)c3)n2C(C)C)cs1. The molecule has 2 heterocycles. The molecule has 23 heavy (non-hydrogen) atoms. The number of benzene rings is 1. The maximum atomic E-state index is 6.05. The number of hydrogen-bond donors (Lipinski definition) is 0. The topological polar surface area (TPSA) is 30.7 Å². The first-order valence-corrected chi connectivity index (χ1v) is 9.66. The summed E-state index contributed by atoms with van der Waals surface area (Å²) in [4.78, 5) is 1.28. The van der Waals surface area contributed by atoms with Gasteiger partial charge < -0.3 is 0 Å². The molecule has 0 spiro atoms. The summed E-state index contributed by atoms with van der Waals surface area (Å²) in [6.45, 7) is 6.43. The Labute approximate surface area is 149 Å². The third-order valence-electron chi connectivity index (χ3n) is 3.43. The van der Waals surface area contributed by atoms with Crippen LogP contribution in [0.2, 0.25) is 5.02 Å². The number of rotatable bonds is 5. The van der Waals surface area contributed by atoms with Crippen molar-refractivity contribution in [1.82, 2.24) is 14.8 Å². The maximum absolute atomic E-state index is 6.05. The van der Waals surface area contributed by atoms with Crippen LogP contribution < -0.4 is 0 Å². The normalized spacial score (nSPS) is 11.3. The molecule has 2 aromatic heterocycles. The molecule has 0 aliphatic carbocycles. The Morgan fingerprint density at radius 1 is 1.26 bits per heavy atom. The van der Waals surface area contributed by atoms with E-state index in [-0.39, 0.29) is 0 Å². The standard InChI is InChI=1S/C17H18ClN3S2/c1-11(2)21-16(14-7-12(3)22-10-14)19-20-17(21)23-9-13-5-4-6-15(18)8-13/h4-8,10-11H,9H2,1-3H3. The van der Waals surface area contributed by atoms with E-state index >= 15 is 0 Å². The average molecular weight is 364 g/mol. The first-order valence-electron chi connectivity index (χ1n) is 7.42. The highest BCUT2D eigenvalue weighted by Crippen LogP contribution is 2.31. The molecule has 0 fully saturated rings. The minimum absolute atomic E-state index is 0.307. The van der Waals surface area contributed by atoms with Gasteiger partial charge in [-0.25, -0.2) is 0 Å². The molecule has 3 aromatic rings. The lowest BCUT2D eigenvalue weighted by atomic mass is 10.2. The highest BCUT2D eigenvalue weighted by molar-refractivity contribution is 7.98. The molecule has 0 aliphatic rings. The third kappa shape index (κ3) is 3.79. The largest absolute Gasteiger partial charge is 0.299 e. The minimum atomic E-state index is 0.307. The Morgan fingerprint density at radius 2 is 2.09 bits per heavy atom. The van der Waals surface area contributed by atoms with E-state index in [1.54, 1.807) is 23.1 Å². The van der Waals surface area contributed by atoms with Crippen molar-refractivity contribution in [1.29, 1.82) is 0 Å². The fourth-order valence-electron chi connectivity index (χ4n) is 2.37. The molecule has 0 bridgehead atoms. The zero-order chi connectivity index (χ0) is 16.4. The first-order chi connectivity index (χ1) is 11.0. The molecule has 120 valence electrons. The summed E-state index contributed by atoms with van der Waals surface area (Å²) in [5.74, 6) is 1.77. The van der Waals surface area contributed by atoms with Gasteiger partial charge in [-0.05, 0) is 44.5 Å². The van der Waals surface area contributed by atoms with Crippen molar-refractivity contribution in [2.45, 2.75) is 37.7 Å². The van der Waals surface area contributed by atoms with E-state index in [1.165, 1.54) is 10.4 Å². The number of thioether (sulfide) groups is 1. The number of aryl methyl sites for hydroxylation is 1. The average Bonchev–Trinajstić information content (AvgIpc) is 3.11. The van der Waals surface area contributed by atoms with Gasteiger partial charge in [0.05, 0.1) is 0 Å². The molecular formula is C17H18ClN3S2. The monoisotopic (exact) mass is 363 g/mol. The van der Waals surface area contributed by atoms with Crippen LogP contribution in [0.15, 0.2) is 40.9 Å². The number of nitrogens with zero attached hydrogens (tertiary/aromatic N) is 3. The maximum Gasteiger partial charge on any atom is 0.192 e. The van der Waals surface area contributed by atoms with E-state index in [2.05, 4.69) is 53.0 Å². The van der Waals surface area contributed by atoms with Crippen LogP contribution in [0.1, 0.15) is 30.3 Å². The van der Waals surface area contributed by atoms with Gasteiger partial charge in [0.2, 0.25) is 0 Å². The Balaban J connectivity index is 1.86. The summed E-state index contributed by atoms with van der Waals surface area (Å²) in [6, 6.07) is 10.4. The van der Waals surface area contributed by atoms with Gasteiger partial charge in [0.15, 0.2) is 11.0 Å². The quantitative estimate of drug-likeness (QED) is 0.533. The van der Waals surface area contributed by atoms with E-state index in [9.17, 15) is 0 Å². The molecule has 6 heteroatoms. The number of halogens is 1. The van der Waals surface area contributed by atoms with Crippen molar-refractivity contribution in [3.05, 3.63) is 51.2 Å². The molecule has 0 saturated heterocycles. The van der Waals surface area contributed by atoms with Crippen LogP contribution in [0.3, 0.4) is 0 Å². The molecule has 1 aromatic carbocycles. The van der Waals surface area contributed by atoms with E-state index in [1.807, 2.05) is 18.2 Å². The van der Waals surface area contributed by atoms with Crippen LogP contribution in [0, 0.1) is 6.92 Å². The van der Waals surface area contributed by atoms with E-state index in [4.69, 9.17) is 11.6 Å². The molecule has 0 unspecified atom stereocenters. The van der Waals surface area contributed by atoms with Crippen LogP contribution in [0.25, 0.3) is 11.4 Å².